The Kier molecular flexibility index (Phi) is 3.68. The second kappa shape index (κ2) is 4.03. The molecule has 0 radical (unpaired) electrons. The fourth-order valence-electron chi connectivity index (χ4n) is 0.287. The van der Waals surface area contributed by atoms with E-state index < -0.39 is 10.1 Å². The standard InChI is InChI=1S/C6H8O3S/c1-2-3-4-5-6-10(7,8)9/h2-6H,1H2,(H,7,8,9). The summed E-state index contributed by atoms with van der Waals surface area (Å²) in [4.78, 5) is 0. The molecule has 10 heavy (non-hydrogen) atoms. The summed E-state index contributed by atoms with van der Waals surface area (Å²) < 4.78 is 28.1. The van der Waals surface area contributed by atoms with Crippen molar-refractivity contribution in [2.24, 2.45) is 0 Å². The van der Waals surface area contributed by atoms with Crippen LogP contribution in [0, 0.1) is 0 Å². The van der Waals surface area contributed by atoms with E-state index in [1.54, 1.807) is 6.08 Å². The fourth-order valence-corrected chi connectivity index (χ4v) is 0.577. The van der Waals surface area contributed by atoms with Crippen LogP contribution < -0.4 is 0 Å². The third-order valence-corrected chi connectivity index (χ3v) is 1.11. The molecule has 0 atom stereocenters. The van der Waals surface area contributed by atoms with Crippen LogP contribution in [0.1, 0.15) is 0 Å². The van der Waals surface area contributed by atoms with E-state index in [1.807, 2.05) is 0 Å². The molecule has 1 N–H and O–H groups in total. The number of hydrogen-bond donors (Lipinski definition) is 1. The summed E-state index contributed by atoms with van der Waals surface area (Å²) in [7, 11) is -3.97. The molecule has 0 amide bonds. The van der Waals surface area contributed by atoms with Gasteiger partial charge in [-0.3, -0.25) is 4.55 Å². The zero-order valence-corrected chi connectivity index (χ0v) is 6.08. The zero-order chi connectivity index (χ0) is 8.04. The van der Waals surface area contributed by atoms with E-state index in [4.69, 9.17) is 4.55 Å². The van der Waals surface area contributed by atoms with Gasteiger partial charge in [0.1, 0.15) is 0 Å². The Morgan fingerprint density at radius 2 is 1.80 bits per heavy atom. The summed E-state index contributed by atoms with van der Waals surface area (Å²) >= 11 is 0. The molecule has 0 fully saturated rings. The van der Waals surface area contributed by atoms with E-state index in [9.17, 15) is 8.42 Å². The van der Waals surface area contributed by atoms with Gasteiger partial charge in [-0.2, -0.15) is 8.42 Å². The Balaban J connectivity index is 4.03. The van der Waals surface area contributed by atoms with Crippen molar-refractivity contribution in [3.8, 4) is 0 Å². The largest absolute Gasteiger partial charge is 0.287 e. The second-order valence-electron chi connectivity index (χ2n) is 1.46. The molecular weight excluding hydrogens is 152 g/mol. The van der Waals surface area contributed by atoms with E-state index in [-0.39, 0.29) is 0 Å². The molecule has 0 unspecified atom stereocenters. The minimum absolute atomic E-state index is 0.688. The number of allylic oxidation sites excluding steroid dienone is 4. The van der Waals surface area contributed by atoms with Crippen LogP contribution in [-0.4, -0.2) is 13.0 Å². The SMILES string of the molecule is C=CC=CC=CS(=O)(=O)O. The third-order valence-electron chi connectivity index (χ3n) is 0.609. The lowest BCUT2D eigenvalue weighted by Gasteiger charge is -1.78. The van der Waals surface area contributed by atoms with Gasteiger partial charge < -0.3 is 0 Å². The first kappa shape index (κ1) is 9.13. The average molecular weight is 160 g/mol. The van der Waals surface area contributed by atoms with E-state index in [0.717, 1.165) is 0 Å². The van der Waals surface area contributed by atoms with Gasteiger partial charge in [-0.05, 0) is 6.08 Å². The van der Waals surface area contributed by atoms with E-state index in [2.05, 4.69) is 6.58 Å². The molecular formula is C6H8O3S. The monoisotopic (exact) mass is 160 g/mol. The highest BCUT2D eigenvalue weighted by molar-refractivity contribution is 7.88. The van der Waals surface area contributed by atoms with E-state index in [1.165, 1.54) is 18.2 Å². The number of rotatable bonds is 3. The molecule has 0 aromatic heterocycles. The molecule has 0 spiro atoms. The molecule has 0 saturated heterocycles. The molecule has 0 bridgehead atoms. The van der Waals surface area contributed by atoms with Crippen molar-refractivity contribution in [2.75, 3.05) is 0 Å². The minimum Gasteiger partial charge on any atom is -0.282 e. The average Bonchev–Trinajstić information content (AvgIpc) is 1.78. The van der Waals surface area contributed by atoms with Crippen molar-refractivity contribution in [1.29, 1.82) is 0 Å². The first-order chi connectivity index (χ1) is 4.56. The molecule has 0 aromatic rings. The Morgan fingerprint density at radius 3 is 2.20 bits per heavy atom. The topological polar surface area (TPSA) is 54.4 Å². The van der Waals surface area contributed by atoms with Crippen LogP contribution in [0.3, 0.4) is 0 Å². The Hall–Kier alpha value is -0.870. The maximum atomic E-state index is 10.0. The van der Waals surface area contributed by atoms with Gasteiger partial charge in [0.05, 0.1) is 5.41 Å². The maximum Gasteiger partial charge on any atom is 0.287 e. The van der Waals surface area contributed by atoms with Crippen molar-refractivity contribution < 1.29 is 13.0 Å². The van der Waals surface area contributed by atoms with E-state index in [0.29, 0.717) is 5.41 Å². The first-order valence-electron chi connectivity index (χ1n) is 2.49. The van der Waals surface area contributed by atoms with Gasteiger partial charge in [-0.25, -0.2) is 0 Å². The van der Waals surface area contributed by atoms with Crippen LogP contribution in [0.5, 0.6) is 0 Å². The van der Waals surface area contributed by atoms with Crippen LogP contribution in [-0.2, 0) is 10.1 Å². The predicted molar refractivity (Wildman–Crippen MR) is 40.0 cm³/mol. The summed E-state index contributed by atoms with van der Waals surface area (Å²) in [5.41, 5.74) is 0. The molecule has 0 saturated carbocycles. The number of hydrogen-bond acceptors (Lipinski definition) is 2. The van der Waals surface area contributed by atoms with Gasteiger partial charge in [-0.15, -0.1) is 0 Å². The van der Waals surface area contributed by atoms with Gasteiger partial charge in [0, 0.05) is 0 Å². The van der Waals surface area contributed by atoms with Crippen molar-refractivity contribution in [1.82, 2.24) is 0 Å². The van der Waals surface area contributed by atoms with Gasteiger partial charge in [-0.1, -0.05) is 24.8 Å². The molecule has 0 aliphatic heterocycles. The third kappa shape index (κ3) is 7.13. The van der Waals surface area contributed by atoms with Crippen LogP contribution in [0.25, 0.3) is 0 Å². The fraction of sp³-hybridized carbons (Fsp3) is 0. The quantitative estimate of drug-likeness (QED) is 0.497. The molecule has 0 aliphatic carbocycles. The summed E-state index contributed by atoms with van der Waals surface area (Å²) in [6.07, 6.45) is 5.69. The lowest BCUT2D eigenvalue weighted by molar-refractivity contribution is 0.494. The molecule has 3 nitrogen and oxygen atoms in total. The molecule has 0 aromatic carbocycles. The van der Waals surface area contributed by atoms with Crippen LogP contribution in [0.2, 0.25) is 0 Å². The minimum atomic E-state index is -3.97. The lowest BCUT2D eigenvalue weighted by atomic mass is 10.5. The van der Waals surface area contributed by atoms with Crippen LogP contribution in [0.4, 0.5) is 0 Å². The summed E-state index contributed by atoms with van der Waals surface area (Å²) in [5.74, 6) is 0. The summed E-state index contributed by atoms with van der Waals surface area (Å²) in [6.45, 7) is 3.36. The van der Waals surface area contributed by atoms with Crippen molar-refractivity contribution in [2.45, 2.75) is 0 Å². The predicted octanol–water partition coefficient (Wildman–Crippen LogP) is 1.13. The maximum absolute atomic E-state index is 10.0. The van der Waals surface area contributed by atoms with Gasteiger partial charge in [0.25, 0.3) is 10.1 Å². The zero-order valence-electron chi connectivity index (χ0n) is 5.27. The lowest BCUT2D eigenvalue weighted by Crippen LogP contribution is -1.87. The first-order valence-corrected chi connectivity index (χ1v) is 4.00. The summed E-state index contributed by atoms with van der Waals surface area (Å²) in [5, 5.41) is 0.688. The van der Waals surface area contributed by atoms with Crippen molar-refractivity contribution in [3.05, 3.63) is 36.3 Å². The molecule has 0 heterocycles. The van der Waals surface area contributed by atoms with E-state index >= 15 is 0 Å². The Labute approximate surface area is 60.1 Å². The summed E-state index contributed by atoms with van der Waals surface area (Å²) in [6, 6.07) is 0. The Bertz CT molecular complexity index is 246. The molecule has 0 aliphatic rings. The highest BCUT2D eigenvalue weighted by Gasteiger charge is 1.91. The Morgan fingerprint density at radius 1 is 1.20 bits per heavy atom. The highest BCUT2D eigenvalue weighted by Crippen LogP contribution is 1.85. The van der Waals surface area contributed by atoms with Crippen molar-refractivity contribution in [3.63, 3.8) is 0 Å². The van der Waals surface area contributed by atoms with Crippen LogP contribution >= 0.6 is 0 Å². The molecule has 56 valence electrons. The normalized spacial score (nSPS) is 12.9. The van der Waals surface area contributed by atoms with Crippen LogP contribution in [0.15, 0.2) is 36.3 Å². The smallest absolute Gasteiger partial charge is 0.282 e. The molecule has 0 rings (SSSR count). The van der Waals surface area contributed by atoms with Crippen molar-refractivity contribution >= 4 is 10.1 Å². The highest BCUT2D eigenvalue weighted by atomic mass is 32.2. The molecule has 4 heteroatoms. The van der Waals surface area contributed by atoms with Gasteiger partial charge in [0.15, 0.2) is 0 Å². The van der Waals surface area contributed by atoms with Gasteiger partial charge in [0.2, 0.25) is 0 Å². The second-order valence-corrected chi connectivity index (χ2v) is 2.77. The van der Waals surface area contributed by atoms with Gasteiger partial charge >= 0.3 is 0 Å².